The number of carbonyl (C=O) groups is 2. The summed E-state index contributed by atoms with van der Waals surface area (Å²) in [5.74, 6) is -0.159. The average Bonchev–Trinajstić information content (AvgIpc) is 2.58. The van der Waals surface area contributed by atoms with E-state index in [2.05, 4.69) is 16.0 Å². The molecule has 2 aromatic carbocycles. The van der Waals surface area contributed by atoms with E-state index in [-0.39, 0.29) is 11.9 Å². The molecular weight excluding hydrogens is 326 g/mol. The lowest BCUT2D eigenvalue weighted by Crippen LogP contribution is -2.40. The highest BCUT2D eigenvalue weighted by Crippen LogP contribution is 2.14. The number of hydrogen-bond donors (Lipinski definition) is 3. The van der Waals surface area contributed by atoms with Gasteiger partial charge in [0.05, 0.1) is 0 Å². The van der Waals surface area contributed by atoms with Gasteiger partial charge in [0, 0.05) is 30.2 Å². The zero-order valence-electron chi connectivity index (χ0n) is 13.4. The van der Waals surface area contributed by atoms with Crippen molar-refractivity contribution in [1.82, 2.24) is 16.0 Å². The lowest BCUT2D eigenvalue weighted by molar-refractivity contribution is 0.0954. The van der Waals surface area contributed by atoms with Gasteiger partial charge in [-0.2, -0.15) is 0 Å². The third-order valence-electron chi connectivity index (χ3n) is 3.41. The third kappa shape index (κ3) is 5.59. The van der Waals surface area contributed by atoms with E-state index in [0.717, 1.165) is 11.1 Å². The van der Waals surface area contributed by atoms with E-state index in [1.54, 1.807) is 18.2 Å². The predicted molar refractivity (Wildman–Crippen MR) is 95.2 cm³/mol. The molecule has 6 heteroatoms. The predicted octanol–water partition coefficient (Wildman–Crippen LogP) is 2.88. The molecule has 0 aliphatic carbocycles. The zero-order chi connectivity index (χ0) is 17.4. The number of carbonyl (C=O) groups excluding carboxylic acids is 2. The van der Waals surface area contributed by atoms with Gasteiger partial charge in [0.1, 0.15) is 0 Å². The van der Waals surface area contributed by atoms with Gasteiger partial charge >= 0.3 is 6.03 Å². The Balaban J connectivity index is 1.65. The van der Waals surface area contributed by atoms with Gasteiger partial charge in [-0.1, -0.05) is 47.5 Å². The number of aryl methyl sites for hydroxylation is 1. The van der Waals surface area contributed by atoms with Crippen LogP contribution in [-0.4, -0.2) is 25.0 Å². The van der Waals surface area contributed by atoms with E-state index in [0.29, 0.717) is 30.2 Å². The van der Waals surface area contributed by atoms with Crippen molar-refractivity contribution in [2.45, 2.75) is 13.5 Å². The fourth-order valence-electron chi connectivity index (χ4n) is 2.04. The van der Waals surface area contributed by atoms with Gasteiger partial charge in [-0.3, -0.25) is 4.79 Å². The molecule has 0 aromatic heterocycles. The molecule has 0 aliphatic rings. The van der Waals surface area contributed by atoms with Crippen molar-refractivity contribution in [3.8, 4) is 0 Å². The summed E-state index contributed by atoms with van der Waals surface area (Å²) in [6.07, 6.45) is 0. The largest absolute Gasteiger partial charge is 0.350 e. The van der Waals surface area contributed by atoms with Crippen LogP contribution in [0.4, 0.5) is 4.79 Å². The first-order valence-electron chi connectivity index (χ1n) is 7.66. The standard InChI is InChI=1S/C18H20ClN3O2/c1-13-6-8-14(9-7-13)17(23)20-10-11-21-18(24)22-12-15-4-2-3-5-16(15)19/h2-9H,10-12H2,1H3,(H,20,23)(H2,21,22,24). The molecule has 2 rings (SSSR count). The quantitative estimate of drug-likeness (QED) is 0.704. The second-order valence-electron chi connectivity index (χ2n) is 5.32. The van der Waals surface area contributed by atoms with E-state index in [1.165, 1.54) is 0 Å². The molecule has 0 radical (unpaired) electrons. The number of hydrogen-bond acceptors (Lipinski definition) is 2. The minimum absolute atomic E-state index is 0.159. The van der Waals surface area contributed by atoms with Gasteiger partial charge < -0.3 is 16.0 Å². The molecule has 3 N–H and O–H groups in total. The van der Waals surface area contributed by atoms with Crippen molar-refractivity contribution < 1.29 is 9.59 Å². The lowest BCUT2D eigenvalue weighted by Gasteiger charge is -2.09. The summed E-state index contributed by atoms with van der Waals surface area (Å²) in [6, 6.07) is 14.3. The summed E-state index contributed by atoms with van der Waals surface area (Å²) in [6.45, 7) is 3.01. The van der Waals surface area contributed by atoms with E-state index >= 15 is 0 Å². The number of rotatable bonds is 6. The van der Waals surface area contributed by atoms with Gasteiger partial charge in [0.25, 0.3) is 5.91 Å². The second kappa shape index (κ2) is 8.93. The van der Waals surface area contributed by atoms with Crippen molar-refractivity contribution in [2.24, 2.45) is 0 Å². The van der Waals surface area contributed by atoms with Crippen LogP contribution in [0.1, 0.15) is 21.5 Å². The molecule has 0 saturated heterocycles. The third-order valence-corrected chi connectivity index (χ3v) is 3.78. The summed E-state index contributed by atoms with van der Waals surface area (Å²) in [4.78, 5) is 23.6. The monoisotopic (exact) mass is 345 g/mol. The highest BCUT2D eigenvalue weighted by Gasteiger charge is 2.05. The molecule has 0 unspecified atom stereocenters. The fraction of sp³-hybridized carbons (Fsp3) is 0.222. The van der Waals surface area contributed by atoms with Crippen molar-refractivity contribution in [1.29, 1.82) is 0 Å². The van der Waals surface area contributed by atoms with Gasteiger partial charge in [-0.05, 0) is 30.7 Å². The Kier molecular flexibility index (Phi) is 6.63. The Morgan fingerprint density at radius 1 is 0.917 bits per heavy atom. The molecule has 0 aliphatic heterocycles. The van der Waals surface area contributed by atoms with E-state index < -0.39 is 0 Å². The number of benzene rings is 2. The Morgan fingerprint density at radius 2 is 1.58 bits per heavy atom. The first-order valence-corrected chi connectivity index (χ1v) is 8.04. The molecule has 0 fully saturated rings. The Labute approximate surface area is 146 Å². The Hall–Kier alpha value is -2.53. The molecule has 24 heavy (non-hydrogen) atoms. The van der Waals surface area contributed by atoms with Crippen LogP contribution < -0.4 is 16.0 Å². The van der Waals surface area contributed by atoms with Crippen LogP contribution in [0.3, 0.4) is 0 Å². The summed E-state index contributed by atoms with van der Waals surface area (Å²) < 4.78 is 0. The van der Waals surface area contributed by atoms with E-state index in [4.69, 9.17) is 11.6 Å². The fourth-order valence-corrected chi connectivity index (χ4v) is 2.24. The highest BCUT2D eigenvalue weighted by molar-refractivity contribution is 6.31. The van der Waals surface area contributed by atoms with Crippen molar-refractivity contribution in [3.63, 3.8) is 0 Å². The summed E-state index contributed by atoms with van der Waals surface area (Å²) in [5, 5.41) is 8.77. The molecule has 0 spiro atoms. The average molecular weight is 346 g/mol. The summed E-state index contributed by atoms with van der Waals surface area (Å²) in [7, 11) is 0. The van der Waals surface area contributed by atoms with E-state index in [9.17, 15) is 9.59 Å². The minimum atomic E-state index is -0.306. The molecule has 0 atom stereocenters. The van der Waals surface area contributed by atoms with Crippen LogP contribution in [0, 0.1) is 6.92 Å². The van der Waals surface area contributed by atoms with Gasteiger partial charge in [0.15, 0.2) is 0 Å². The summed E-state index contributed by atoms with van der Waals surface area (Å²) in [5.41, 5.74) is 2.55. The SMILES string of the molecule is Cc1ccc(C(=O)NCCNC(=O)NCc2ccccc2Cl)cc1. The normalized spacial score (nSPS) is 10.1. The number of amides is 3. The Bertz CT molecular complexity index is 702. The first-order chi connectivity index (χ1) is 11.6. The molecule has 0 bridgehead atoms. The molecule has 0 heterocycles. The van der Waals surface area contributed by atoms with Crippen LogP contribution in [0.25, 0.3) is 0 Å². The zero-order valence-corrected chi connectivity index (χ0v) is 14.2. The van der Waals surface area contributed by atoms with E-state index in [1.807, 2.05) is 37.3 Å². The molecule has 126 valence electrons. The maximum atomic E-state index is 11.9. The molecule has 2 aromatic rings. The summed E-state index contributed by atoms with van der Waals surface area (Å²) >= 11 is 6.02. The van der Waals surface area contributed by atoms with Gasteiger partial charge in [-0.25, -0.2) is 4.79 Å². The first kappa shape index (κ1) is 17.8. The van der Waals surface area contributed by atoms with Crippen molar-refractivity contribution in [3.05, 3.63) is 70.2 Å². The lowest BCUT2D eigenvalue weighted by atomic mass is 10.1. The highest BCUT2D eigenvalue weighted by atomic mass is 35.5. The van der Waals surface area contributed by atoms with Gasteiger partial charge in [-0.15, -0.1) is 0 Å². The Morgan fingerprint density at radius 3 is 2.29 bits per heavy atom. The topological polar surface area (TPSA) is 70.2 Å². The van der Waals surface area contributed by atoms with Crippen LogP contribution in [0.15, 0.2) is 48.5 Å². The van der Waals surface area contributed by atoms with Crippen molar-refractivity contribution >= 4 is 23.5 Å². The molecule has 5 nitrogen and oxygen atoms in total. The van der Waals surface area contributed by atoms with Crippen LogP contribution >= 0.6 is 11.6 Å². The maximum absolute atomic E-state index is 11.9. The van der Waals surface area contributed by atoms with Gasteiger partial charge in [0.2, 0.25) is 0 Å². The number of halogens is 1. The van der Waals surface area contributed by atoms with Crippen LogP contribution in [-0.2, 0) is 6.54 Å². The smallest absolute Gasteiger partial charge is 0.315 e. The second-order valence-corrected chi connectivity index (χ2v) is 5.73. The minimum Gasteiger partial charge on any atom is -0.350 e. The van der Waals surface area contributed by atoms with Crippen LogP contribution in [0.2, 0.25) is 5.02 Å². The molecule has 3 amide bonds. The number of urea groups is 1. The van der Waals surface area contributed by atoms with Crippen molar-refractivity contribution in [2.75, 3.05) is 13.1 Å². The molecular formula is C18H20ClN3O2. The number of nitrogens with one attached hydrogen (secondary N) is 3. The maximum Gasteiger partial charge on any atom is 0.315 e. The van der Waals surface area contributed by atoms with Crippen LogP contribution in [0.5, 0.6) is 0 Å². The molecule has 0 saturated carbocycles.